The van der Waals surface area contributed by atoms with Crippen molar-refractivity contribution in [2.24, 2.45) is 0 Å². The van der Waals surface area contributed by atoms with E-state index in [0.29, 0.717) is 6.10 Å². The van der Waals surface area contributed by atoms with Crippen molar-refractivity contribution in [1.29, 1.82) is 0 Å². The Bertz CT molecular complexity index is 423. The van der Waals surface area contributed by atoms with Crippen LogP contribution < -0.4 is 10.2 Å². The number of piperidine rings is 1. The summed E-state index contributed by atoms with van der Waals surface area (Å²) >= 11 is 0. The zero-order chi connectivity index (χ0) is 15.3. The molecule has 118 valence electrons. The van der Waals surface area contributed by atoms with Crippen molar-refractivity contribution in [1.82, 2.24) is 10.3 Å². The van der Waals surface area contributed by atoms with E-state index >= 15 is 0 Å². The smallest absolute Gasteiger partial charge is 0.128 e. The van der Waals surface area contributed by atoms with Crippen LogP contribution in [0.4, 0.5) is 5.82 Å². The molecular weight excluding hydrogens is 262 g/mol. The summed E-state index contributed by atoms with van der Waals surface area (Å²) in [7, 11) is 0. The Hall–Kier alpha value is -1.13. The van der Waals surface area contributed by atoms with Gasteiger partial charge in [-0.2, -0.15) is 0 Å². The van der Waals surface area contributed by atoms with Gasteiger partial charge in [0.2, 0.25) is 0 Å². The number of nitrogens with zero attached hydrogens (tertiary/aromatic N) is 2. The number of rotatable bonds is 5. The van der Waals surface area contributed by atoms with E-state index in [1.54, 1.807) is 0 Å². The second-order valence-electron chi connectivity index (χ2n) is 6.79. The van der Waals surface area contributed by atoms with Gasteiger partial charge in [0.1, 0.15) is 5.82 Å². The standard InChI is InChI=1S/C17H29N3O/c1-5-21-15-7-6-10-20(13-15)16-9-8-14(11-18-16)12-19-17(2,3)4/h8-9,11,15,19H,5-7,10,12-13H2,1-4H3. The first-order chi connectivity index (χ1) is 9.98. The summed E-state index contributed by atoms with van der Waals surface area (Å²) < 4.78 is 5.75. The Kier molecular flexibility index (Phi) is 5.59. The Morgan fingerprint density at radius 3 is 2.81 bits per heavy atom. The van der Waals surface area contributed by atoms with Crippen molar-refractivity contribution in [3.63, 3.8) is 0 Å². The maximum Gasteiger partial charge on any atom is 0.128 e. The Labute approximate surface area is 128 Å². The van der Waals surface area contributed by atoms with E-state index in [1.165, 1.54) is 12.0 Å². The van der Waals surface area contributed by atoms with Crippen LogP contribution in [0.3, 0.4) is 0 Å². The molecule has 21 heavy (non-hydrogen) atoms. The minimum atomic E-state index is 0.135. The molecule has 0 bridgehead atoms. The summed E-state index contributed by atoms with van der Waals surface area (Å²) in [6, 6.07) is 4.30. The molecule has 2 heterocycles. The van der Waals surface area contributed by atoms with Crippen LogP contribution in [-0.4, -0.2) is 36.3 Å². The van der Waals surface area contributed by atoms with Crippen molar-refractivity contribution in [3.8, 4) is 0 Å². The lowest BCUT2D eigenvalue weighted by molar-refractivity contribution is 0.0525. The van der Waals surface area contributed by atoms with Gasteiger partial charge in [0.15, 0.2) is 0 Å². The van der Waals surface area contributed by atoms with E-state index < -0.39 is 0 Å². The highest BCUT2D eigenvalue weighted by atomic mass is 16.5. The SMILES string of the molecule is CCOC1CCCN(c2ccc(CNC(C)(C)C)cn2)C1. The first-order valence-electron chi connectivity index (χ1n) is 8.04. The van der Waals surface area contributed by atoms with E-state index in [2.05, 4.69) is 55.0 Å². The molecule has 1 saturated heterocycles. The average Bonchev–Trinajstić information content (AvgIpc) is 2.46. The molecule has 4 nitrogen and oxygen atoms in total. The molecule has 1 N–H and O–H groups in total. The first kappa shape index (κ1) is 16.2. The minimum absolute atomic E-state index is 0.135. The Balaban J connectivity index is 1.92. The number of aromatic nitrogens is 1. The lowest BCUT2D eigenvalue weighted by atomic mass is 10.1. The van der Waals surface area contributed by atoms with Gasteiger partial charge in [-0.05, 0) is 52.2 Å². The second-order valence-corrected chi connectivity index (χ2v) is 6.79. The number of hydrogen-bond donors (Lipinski definition) is 1. The molecule has 4 heteroatoms. The molecule has 1 aliphatic rings. The van der Waals surface area contributed by atoms with Crippen molar-refractivity contribution >= 4 is 5.82 Å². The summed E-state index contributed by atoms with van der Waals surface area (Å²) in [6.07, 6.45) is 4.68. The largest absolute Gasteiger partial charge is 0.377 e. The van der Waals surface area contributed by atoms with Crippen LogP contribution in [0, 0.1) is 0 Å². The molecule has 1 atom stereocenters. The van der Waals surface area contributed by atoms with Crippen molar-refractivity contribution in [2.75, 3.05) is 24.6 Å². The quantitative estimate of drug-likeness (QED) is 0.905. The summed E-state index contributed by atoms with van der Waals surface area (Å²) in [6.45, 7) is 12.3. The van der Waals surface area contributed by atoms with Gasteiger partial charge in [0.25, 0.3) is 0 Å². The monoisotopic (exact) mass is 291 g/mol. The van der Waals surface area contributed by atoms with Crippen LogP contribution in [0.25, 0.3) is 0 Å². The third kappa shape index (κ3) is 5.29. The predicted octanol–water partition coefficient (Wildman–Crippen LogP) is 2.98. The number of hydrogen-bond acceptors (Lipinski definition) is 4. The number of ether oxygens (including phenoxy) is 1. The second kappa shape index (κ2) is 7.23. The summed E-state index contributed by atoms with van der Waals surface area (Å²) in [5.74, 6) is 1.07. The van der Waals surface area contributed by atoms with Crippen molar-refractivity contribution in [3.05, 3.63) is 23.9 Å². The highest BCUT2D eigenvalue weighted by molar-refractivity contribution is 5.40. The van der Waals surface area contributed by atoms with Crippen molar-refractivity contribution in [2.45, 2.75) is 58.7 Å². The Morgan fingerprint density at radius 2 is 2.19 bits per heavy atom. The zero-order valence-electron chi connectivity index (χ0n) is 13.9. The minimum Gasteiger partial charge on any atom is -0.377 e. The molecule has 2 rings (SSSR count). The lowest BCUT2D eigenvalue weighted by Gasteiger charge is -2.33. The Morgan fingerprint density at radius 1 is 1.38 bits per heavy atom. The number of pyridine rings is 1. The molecule has 0 radical (unpaired) electrons. The number of anilines is 1. The summed E-state index contributed by atoms with van der Waals surface area (Å²) in [4.78, 5) is 6.97. The lowest BCUT2D eigenvalue weighted by Crippen LogP contribution is -2.40. The fraction of sp³-hybridized carbons (Fsp3) is 0.706. The number of nitrogens with one attached hydrogen (secondary N) is 1. The van der Waals surface area contributed by atoms with E-state index in [1.807, 2.05) is 6.20 Å². The molecule has 1 fully saturated rings. The molecule has 1 aromatic rings. The van der Waals surface area contributed by atoms with Crippen molar-refractivity contribution < 1.29 is 4.74 Å². The zero-order valence-corrected chi connectivity index (χ0v) is 13.9. The molecule has 0 spiro atoms. The van der Waals surface area contributed by atoms with Crippen LogP contribution in [0.15, 0.2) is 18.3 Å². The van der Waals surface area contributed by atoms with Gasteiger partial charge in [0.05, 0.1) is 6.10 Å². The third-order valence-corrected chi connectivity index (χ3v) is 3.74. The van der Waals surface area contributed by atoms with E-state index in [4.69, 9.17) is 4.74 Å². The molecule has 0 aromatic carbocycles. The first-order valence-corrected chi connectivity index (χ1v) is 8.04. The topological polar surface area (TPSA) is 37.4 Å². The van der Waals surface area contributed by atoms with E-state index in [9.17, 15) is 0 Å². The van der Waals surface area contributed by atoms with Gasteiger partial charge < -0.3 is 15.0 Å². The maximum atomic E-state index is 5.75. The van der Waals surface area contributed by atoms with Gasteiger partial charge in [-0.1, -0.05) is 6.07 Å². The van der Waals surface area contributed by atoms with Gasteiger partial charge >= 0.3 is 0 Å². The summed E-state index contributed by atoms with van der Waals surface area (Å²) in [5.41, 5.74) is 1.36. The third-order valence-electron chi connectivity index (χ3n) is 3.74. The van der Waals surface area contributed by atoms with Crippen LogP contribution >= 0.6 is 0 Å². The predicted molar refractivity (Wildman–Crippen MR) is 87.7 cm³/mol. The van der Waals surface area contributed by atoms with Crippen LogP contribution in [0.5, 0.6) is 0 Å². The highest BCUT2D eigenvalue weighted by Gasteiger charge is 2.20. The molecule has 0 amide bonds. The van der Waals surface area contributed by atoms with E-state index in [0.717, 1.165) is 38.5 Å². The average molecular weight is 291 g/mol. The van der Waals surface area contributed by atoms with Crippen LogP contribution in [0.1, 0.15) is 46.1 Å². The molecule has 0 aliphatic carbocycles. The fourth-order valence-electron chi connectivity index (χ4n) is 2.59. The molecule has 0 saturated carbocycles. The van der Waals surface area contributed by atoms with Crippen LogP contribution in [0.2, 0.25) is 0 Å². The molecule has 1 aliphatic heterocycles. The summed E-state index contributed by atoms with van der Waals surface area (Å²) in [5, 5.41) is 3.49. The van der Waals surface area contributed by atoms with Gasteiger partial charge in [-0.15, -0.1) is 0 Å². The molecule has 1 unspecified atom stereocenters. The highest BCUT2D eigenvalue weighted by Crippen LogP contribution is 2.19. The molecule has 1 aromatic heterocycles. The molecular formula is C17H29N3O. The van der Waals surface area contributed by atoms with Gasteiger partial charge in [-0.25, -0.2) is 4.98 Å². The van der Waals surface area contributed by atoms with Gasteiger partial charge in [0, 0.05) is 38.0 Å². The van der Waals surface area contributed by atoms with E-state index in [-0.39, 0.29) is 5.54 Å². The maximum absolute atomic E-state index is 5.75. The van der Waals surface area contributed by atoms with Gasteiger partial charge in [-0.3, -0.25) is 0 Å². The fourth-order valence-corrected chi connectivity index (χ4v) is 2.59. The normalized spacial score (nSPS) is 19.8. The van der Waals surface area contributed by atoms with Crippen LogP contribution in [-0.2, 0) is 11.3 Å².